The largest absolute Gasteiger partial charge is 0.309 e. The molecule has 0 aliphatic carbocycles. The van der Waals surface area contributed by atoms with Gasteiger partial charge in [-0.15, -0.1) is 0 Å². The monoisotopic (exact) mass is 803 g/mol. The molecule has 0 N–H and O–H groups in total. The molecule has 0 radical (unpaired) electrons. The fourth-order valence-electron chi connectivity index (χ4n) is 9.13. The van der Waals surface area contributed by atoms with Crippen LogP contribution in [0, 0.1) is 0 Å². The van der Waals surface area contributed by atoms with Gasteiger partial charge in [0, 0.05) is 44.9 Å². The van der Waals surface area contributed by atoms with Gasteiger partial charge >= 0.3 is 0 Å². The normalized spacial score (nSPS) is 11.5. The van der Waals surface area contributed by atoms with Crippen LogP contribution in [-0.2, 0) is 0 Å². The van der Waals surface area contributed by atoms with E-state index < -0.39 is 0 Å². The van der Waals surface area contributed by atoms with Gasteiger partial charge in [-0.1, -0.05) is 164 Å². The summed E-state index contributed by atoms with van der Waals surface area (Å²) in [5.41, 5.74) is 12.7. The zero-order chi connectivity index (χ0) is 41.7. The topological polar surface area (TPSA) is 56.5 Å². The molecule has 3 aromatic heterocycles. The number of benzene rings is 9. The molecule has 0 atom stereocenters. The number of rotatable bonds is 7. The Bertz CT molecular complexity index is 3650. The Morgan fingerprint density at radius 1 is 0.317 bits per heavy atom. The molecule has 0 unspecified atom stereocenters. The van der Waals surface area contributed by atoms with Gasteiger partial charge in [-0.25, -0.2) is 15.0 Å². The van der Waals surface area contributed by atoms with E-state index in [1.165, 1.54) is 54.5 Å². The lowest BCUT2D eigenvalue weighted by Crippen LogP contribution is -2.01. The second-order valence-electron chi connectivity index (χ2n) is 15.8. The van der Waals surface area contributed by atoms with Crippen LogP contribution < -0.4 is 0 Å². The molecular formula is C58H37N5. The summed E-state index contributed by atoms with van der Waals surface area (Å²) in [6.45, 7) is 0. The van der Waals surface area contributed by atoms with Crippen molar-refractivity contribution in [2.24, 2.45) is 0 Å². The average molecular weight is 804 g/mol. The van der Waals surface area contributed by atoms with Gasteiger partial charge < -0.3 is 4.57 Å². The standard InChI is InChI=1S/C58H37N5/c1-2-13-38(14-3-1)47-22-11-16-41-17-12-23-48(54(41)47)40-26-28-42(29-27-40)56-60-57(62-58(61-56)45-19-10-18-44(37-45)51-24-8-9-36-59-51)43-30-33-46(34-31-43)63-52-25-7-6-21-50(52)55-49-20-5-4-15-39(49)32-35-53(55)63/h1-37H. The van der Waals surface area contributed by atoms with Crippen molar-refractivity contribution in [3.63, 3.8) is 0 Å². The van der Waals surface area contributed by atoms with Crippen LogP contribution in [0.4, 0.5) is 0 Å². The average Bonchev–Trinajstić information content (AvgIpc) is 3.71. The molecule has 0 amide bonds. The maximum absolute atomic E-state index is 5.17. The first-order chi connectivity index (χ1) is 31.2. The lowest BCUT2D eigenvalue weighted by atomic mass is 9.91. The fourth-order valence-corrected chi connectivity index (χ4v) is 9.13. The predicted octanol–water partition coefficient (Wildman–Crippen LogP) is 14.7. The van der Waals surface area contributed by atoms with E-state index in [2.05, 4.69) is 204 Å². The molecule has 0 saturated carbocycles. The molecule has 5 heteroatoms. The summed E-state index contributed by atoms with van der Waals surface area (Å²) in [7, 11) is 0. The van der Waals surface area contributed by atoms with E-state index in [0.29, 0.717) is 17.5 Å². The van der Waals surface area contributed by atoms with Crippen LogP contribution in [0.5, 0.6) is 0 Å². The number of pyridine rings is 1. The van der Waals surface area contributed by atoms with Crippen molar-refractivity contribution in [2.45, 2.75) is 0 Å². The molecule has 3 heterocycles. The van der Waals surface area contributed by atoms with Crippen molar-refractivity contribution in [1.82, 2.24) is 24.5 Å². The maximum atomic E-state index is 5.17. The number of hydrogen-bond donors (Lipinski definition) is 0. The minimum Gasteiger partial charge on any atom is -0.309 e. The zero-order valence-electron chi connectivity index (χ0n) is 34.1. The van der Waals surface area contributed by atoms with Crippen LogP contribution in [0.1, 0.15) is 0 Å². The first-order valence-electron chi connectivity index (χ1n) is 21.2. The summed E-state index contributed by atoms with van der Waals surface area (Å²) in [4.78, 5) is 20.1. The van der Waals surface area contributed by atoms with E-state index in [1.54, 1.807) is 0 Å². The number of hydrogen-bond acceptors (Lipinski definition) is 4. The van der Waals surface area contributed by atoms with E-state index in [9.17, 15) is 0 Å². The molecule has 12 rings (SSSR count). The Kier molecular flexibility index (Phi) is 8.75. The Morgan fingerprint density at radius 3 is 1.60 bits per heavy atom. The number of para-hydroxylation sites is 1. The van der Waals surface area contributed by atoms with Gasteiger partial charge in [0.05, 0.1) is 16.7 Å². The van der Waals surface area contributed by atoms with Crippen molar-refractivity contribution in [1.29, 1.82) is 0 Å². The second kappa shape index (κ2) is 15.2. The third-order valence-electron chi connectivity index (χ3n) is 12.1. The van der Waals surface area contributed by atoms with Crippen LogP contribution in [-0.4, -0.2) is 24.5 Å². The van der Waals surface area contributed by atoms with E-state index in [-0.39, 0.29) is 0 Å². The Morgan fingerprint density at radius 2 is 0.873 bits per heavy atom. The Balaban J connectivity index is 0.974. The summed E-state index contributed by atoms with van der Waals surface area (Å²) in [5.74, 6) is 1.80. The molecule has 0 saturated heterocycles. The Labute approximate surface area is 364 Å². The Hall–Kier alpha value is -8.54. The van der Waals surface area contributed by atoms with Crippen LogP contribution in [0.15, 0.2) is 225 Å². The van der Waals surface area contributed by atoms with Gasteiger partial charge in [0.2, 0.25) is 0 Å². The van der Waals surface area contributed by atoms with Crippen molar-refractivity contribution in [3.05, 3.63) is 225 Å². The highest BCUT2D eigenvalue weighted by Crippen LogP contribution is 2.39. The molecule has 0 aliphatic rings. The van der Waals surface area contributed by atoms with Crippen LogP contribution in [0.25, 0.3) is 117 Å². The molecule has 0 fully saturated rings. The summed E-state index contributed by atoms with van der Waals surface area (Å²) in [6, 6.07) is 76.9. The third kappa shape index (κ3) is 6.42. The number of fused-ring (bicyclic) bond motifs is 6. The summed E-state index contributed by atoms with van der Waals surface area (Å²) in [6.07, 6.45) is 1.82. The van der Waals surface area contributed by atoms with E-state index in [1.807, 2.05) is 30.5 Å². The second-order valence-corrected chi connectivity index (χ2v) is 15.8. The van der Waals surface area contributed by atoms with Crippen molar-refractivity contribution < 1.29 is 0 Å². The van der Waals surface area contributed by atoms with Gasteiger partial charge in [0.1, 0.15) is 0 Å². The van der Waals surface area contributed by atoms with Crippen molar-refractivity contribution in [3.8, 4) is 73.4 Å². The molecule has 9 aromatic carbocycles. The lowest BCUT2D eigenvalue weighted by molar-refractivity contribution is 1.07. The highest BCUT2D eigenvalue weighted by molar-refractivity contribution is 6.21. The molecule has 0 spiro atoms. The summed E-state index contributed by atoms with van der Waals surface area (Å²) < 4.78 is 2.36. The van der Waals surface area contributed by atoms with Crippen LogP contribution >= 0.6 is 0 Å². The minimum atomic E-state index is 0.594. The van der Waals surface area contributed by atoms with E-state index >= 15 is 0 Å². The van der Waals surface area contributed by atoms with Crippen LogP contribution in [0.2, 0.25) is 0 Å². The molecule has 0 aliphatic heterocycles. The van der Waals surface area contributed by atoms with E-state index in [4.69, 9.17) is 15.0 Å². The van der Waals surface area contributed by atoms with Gasteiger partial charge in [0.15, 0.2) is 17.5 Å². The zero-order valence-corrected chi connectivity index (χ0v) is 34.1. The molecule has 63 heavy (non-hydrogen) atoms. The predicted molar refractivity (Wildman–Crippen MR) is 260 cm³/mol. The molecule has 0 bridgehead atoms. The highest BCUT2D eigenvalue weighted by Gasteiger charge is 2.18. The van der Waals surface area contributed by atoms with E-state index in [0.717, 1.165) is 44.7 Å². The summed E-state index contributed by atoms with van der Waals surface area (Å²) >= 11 is 0. The van der Waals surface area contributed by atoms with Gasteiger partial charge in [0.25, 0.3) is 0 Å². The lowest BCUT2D eigenvalue weighted by Gasteiger charge is -2.13. The smallest absolute Gasteiger partial charge is 0.164 e. The molecular weight excluding hydrogens is 767 g/mol. The molecule has 294 valence electrons. The quantitative estimate of drug-likeness (QED) is 0.161. The summed E-state index contributed by atoms with van der Waals surface area (Å²) in [5, 5.41) is 7.41. The molecule has 5 nitrogen and oxygen atoms in total. The van der Waals surface area contributed by atoms with Gasteiger partial charge in [-0.3, -0.25) is 4.98 Å². The highest BCUT2D eigenvalue weighted by atomic mass is 15.0. The van der Waals surface area contributed by atoms with Crippen molar-refractivity contribution in [2.75, 3.05) is 0 Å². The molecule has 12 aromatic rings. The first kappa shape index (κ1) is 36.3. The maximum Gasteiger partial charge on any atom is 0.164 e. The minimum absolute atomic E-state index is 0.594. The van der Waals surface area contributed by atoms with Crippen molar-refractivity contribution >= 4 is 43.4 Å². The fraction of sp³-hybridized carbons (Fsp3) is 0. The third-order valence-corrected chi connectivity index (χ3v) is 12.1. The SMILES string of the molecule is c1ccc(-c2cccc3cccc(-c4ccc(-c5nc(-c6ccc(-n7c8ccccc8c8c9ccccc9ccc87)cc6)nc(-c6cccc(-c7ccccn7)c6)n5)cc4)c23)cc1. The van der Waals surface area contributed by atoms with Gasteiger partial charge in [-0.05, 0) is 98.4 Å². The van der Waals surface area contributed by atoms with Gasteiger partial charge in [-0.2, -0.15) is 0 Å². The first-order valence-corrected chi connectivity index (χ1v) is 21.2. The number of aromatic nitrogens is 5. The van der Waals surface area contributed by atoms with Crippen LogP contribution in [0.3, 0.4) is 0 Å². The number of nitrogens with zero attached hydrogens (tertiary/aromatic N) is 5.